The monoisotopic (exact) mass is 238 g/mol. The minimum atomic E-state index is -0.618. The van der Waals surface area contributed by atoms with Crippen molar-refractivity contribution in [2.75, 3.05) is 6.54 Å². The minimum absolute atomic E-state index is 0.0904. The number of Topliss-reactive ketones (excluding diaryl/α,β-unsaturated/α-hetero) is 1. The van der Waals surface area contributed by atoms with Crippen LogP contribution < -0.4 is 5.32 Å². The maximum absolute atomic E-state index is 12.2. The first-order valence-corrected chi connectivity index (χ1v) is 6.19. The van der Waals surface area contributed by atoms with Crippen LogP contribution in [-0.4, -0.2) is 34.7 Å². The molecule has 1 aliphatic heterocycles. The van der Waals surface area contributed by atoms with E-state index >= 15 is 0 Å². The third-order valence-electron chi connectivity index (χ3n) is 3.61. The van der Waals surface area contributed by atoms with E-state index in [1.807, 2.05) is 0 Å². The summed E-state index contributed by atoms with van der Waals surface area (Å²) in [7, 11) is 0. The molecule has 2 aliphatic rings. The first kappa shape index (κ1) is 12.1. The Morgan fingerprint density at radius 1 is 1.35 bits per heavy atom. The molecule has 1 spiro atoms. The van der Waals surface area contributed by atoms with E-state index in [2.05, 4.69) is 5.32 Å². The van der Waals surface area contributed by atoms with Crippen molar-refractivity contribution in [3.05, 3.63) is 0 Å². The molecule has 1 saturated carbocycles. The molecule has 0 bridgehead atoms. The number of carbonyl (C=O) groups excluding carboxylic acids is 3. The van der Waals surface area contributed by atoms with Gasteiger partial charge in [-0.25, -0.2) is 4.79 Å². The number of nitrogens with one attached hydrogen (secondary N) is 1. The van der Waals surface area contributed by atoms with Gasteiger partial charge in [0.15, 0.2) is 0 Å². The topological polar surface area (TPSA) is 66.5 Å². The maximum Gasteiger partial charge on any atom is 0.325 e. The zero-order chi connectivity index (χ0) is 12.5. The van der Waals surface area contributed by atoms with E-state index in [1.165, 1.54) is 11.8 Å². The third-order valence-corrected chi connectivity index (χ3v) is 3.61. The van der Waals surface area contributed by atoms with E-state index in [-0.39, 0.29) is 17.7 Å². The van der Waals surface area contributed by atoms with Gasteiger partial charge in [-0.15, -0.1) is 0 Å². The molecule has 0 aromatic rings. The second kappa shape index (κ2) is 4.47. The molecule has 0 radical (unpaired) electrons. The van der Waals surface area contributed by atoms with Gasteiger partial charge in [0.2, 0.25) is 0 Å². The lowest BCUT2D eigenvalue weighted by molar-refractivity contribution is -0.131. The summed E-state index contributed by atoms with van der Waals surface area (Å²) in [4.78, 5) is 36.0. The van der Waals surface area contributed by atoms with Crippen molar-refractivity contribution in [2.24, 2.45) is 0 Å². The molecule has 5 nitrogen and oxygen atoms in total. The molecule has 1 N–H and O–H groups in total. The molecule has 2 fully saturated rings. The molecule has 0 aromatic carbocycles. The van der Waals surface area contributed by atoms with Crippen molar-refractivity contribution >= 4 is 17.7 Å². The van der Waals surface area contributed by atoms with Gasteiger partial charge in [0.25, 0.3) is 5.91 Å². The van der Waals surface area contributed by atoms with Crippen molar-refractivity contribution < 1.29 is 14.4 Å². The second-order valence-electron chi connectivity index (χ2n) is 4.98. The fraction of sp³-hybridized carbons (Fsp3) is 0.750. The van der Waals surface area contributed by atoms with E-state index < -0.39 is 5.54 Å². The molecule has 0 atom stereocenters. The number of amides is 3. The van der Waals surface area contributed by atoms with Crippen molar-refractivity contribution in [1.29, 1.82) is 0 Å². The number of carbonyl (C=O) groups is 3. The molecule has 0 aromatic heterocycles. The highest BCUT2D eigenvalue weighted by molar-refractivity contribution is 6.07. The Bertz CT molecular complexity index is 359. The van der Waals surface area contributed by atoms with Crippen LogP contribution in [0.4, 0.5) is 4.79 Å². The third kappa shape index (κ3) is 2.18. The van der Waals surface area contributed by atoms with Crippen LogP contribution >= 0.6 is 0 Å². The lowest BCUT2D eigenvalue weighted by atomic mass is 9.98. The summed E-state index contributed by atoms with van der Waals surface area (Å²) in [5, 5.41) is 2.82. The van der Waals surface area contributed by atoms with Crippen LogP contribution in [0.3, 0.4) is 0 Å². The second-order valence-corrected chi connectivity index (χ2v) is 4.98. The number of urea groups is 1. The Morgan fingerprint density at radius 3 is 2.59 bits per heavy atom. The van der Waals surface area contributed by atoms with Crippen LogP contribution in [0.2, 0.25) is 0 Å². The van der Waals surface area contributed by atoms with Gasteiger partial charge in [0.05, 0.1) is 0 Å². The van der Waals surface area contributed by atoms with Gasteiger partial charge in [-0.05, 0) is 26.2 Å². The van der Waals surface area contributed by atoms with Crippen molar-refractivity contribution in [1.82, 2.24) is 10.2 Å². The van der Waals surface area contributed by atoms with Gasteiger partial charge in [0.1, 0.15) is 11.3 Å². The van der Waals surface area contributed by atoms with E-state index in [4.69, 9.17) is 0 Å². The predicted octanol–water partition coefficient (Wildman–Crippen LogP) is 1.22. The first-order chi connectivity index (χ1) is 8.05. The predicted molar refractivity (Wildman–Crippen MR) is 61.4 cm³/mol. The summed E-state index contributed by atoms with van der Waals surface area (Å²) in [6.45, 7) is 1.87. The quantitative estimate of drug-likeness (QED) is 0.749. The largest absolute Gasteiger partial charge is 0.325 e. The lowest BCUT2D eigenvalue weighted by Crippen LogP contribution is -2.44. The van der Waals surface area contributed by atoms with Gasteiger partial charge in [0, 0.05) is 13.0 Å². The molecule has 0 unspecified atom stereocenters. The van der Waals surface area contributed by atoms with E-state index in [0.717, 1.165) is 25.7 Å². The molecule has 1 aliphatic carbocycles. The first-order valence-electron chi connectivity index (χ1n) is 6.19. The Labute approximate surface area is 101 Å². The number of hydrogen-bond acceptors (Lipinski definition) is 3. The van der Waals surface area contributed by atoms with E-state index in [0.29, 0.717) is 19.4 Å². The van der Waals surface area contributed by atoms with Crippen LogP contribution in [0.15, 0.2) is 0 Å². The average molecular weight is 238 g/mol. The summed E-state index contributed by atoms with van der Waals surface area (Å²) in [6.07, 6.45) is 4.47. The zero-order valence-corrected chi connectivity index (χ0v) is 10.1. The van der Waals surface area contributed by atoms with E-state index in [1.54, 1.807) is 0 Å². The summed E-state index contributed by atoms with van der Waals surface area (Å²) in [5.74, 6) is -0.00353. The number of imide groups is 1. The number of nitrogens with zero attached hydrogens (tertiary/aromatic N) is 1. The van der Waals surface area contributed by atoms with Gasteiger partial charge < -0.3 is 10.1 Å². The standard InChI is InChI=1S/C12H18N2O3/c1-9(15)5-4-8-14-10(16)12(13-11(14)17)6-2-3-7-12/h2-8H2,1H3,(H,13,17). The average Bonchev–Trinajstić information content (AvgIpc) is 2.80. The zero-order valence-electron chi connectivity index (χ0n) is 10.1. The Hall–Kier alpha value is -1.39. The Morgan fingerprint density at radius 2 is 2.00 bits per heavy atom. The molecule has 5 heteroatoms. The minimum Gasteiger partial charge on any atom is -0.323 e. The molecular formula is C12H18N2O3. The van der Waals surface area contributed by atoms with Crippen LogP contribution in [-0.2, 0) is 9.59 Å². The number of hydrogen-bond donors (Lipinski definition) is 1. The molecule has 1 heterocycles. The van der Waals surface area contributed by atoms with E-state index in [9.17, 15) is 14.4 Å². The van der Waals surface area contributed by atoms with Gasteiger partial charge in [-0.1, -0.05) is 12.8 Å². The summed E-state index contributed by atoms with van der Waals surface area (Å²) in [5.41, 5.74) is -0.618. The van der Waals surface area contributed by atoms with Gasteiger partial charge in [-0.3, -0.25) is 9.69 Å². The molecular weight excluding hydrogens is 220 g/mol. The van der Waals surface area contributed by atoms with Crippen molar-refractivity contribution in [3.8, 4) is 0 Å². The van der Waals surface area contributed by atoms with Gasteiger partial charge >= 0.3 is 6.03 Å². The van der Waals surface area contributed by atoms with Crippen molar-refractivity contribution in [2.45, 2.75) is 51.0 Å². The molecule has 94 valence electrons. The molecule has 3 amide bonds. The molecule has 2 rings (SSSR count). The molecule has 17 heavy (non-hydrogen) atoms. The highest BCUT2D eigenvalue weighted by Crippen LogP contribution is 2.35. The SMILES string of the molecule is CC(=O)CCCN1C(=O)NC2(CCCC2)C1=O. The summed E-state index contributed by atoms with van der Waals surface area (Å²) < 4.78 is 0. The van der Waals surface area contributed by atoms with Crippen LogP contribution in [0.25, 0.3) is 0 Å². The van der Waals surface area contributed by atoms with Crippen LogP contribution in [0.1, 0.15) is 45.4 Å². The fourth-order valence-electron chi connectivity index (χ4n) is 2.68. The Balaban J connectivity index is 1.97. The lowest BCUT2D eigenvalue weighted by Gasteiger charge is -2.19. The smallest absolute Gasteiger partial charge is 0.323 e. The highest BCUT2D eigenvalue weighted by atomic mass is 16.2. The van der Waals surface area contributed by atoms with Crippen LogP contribution in [0, 0.1) is 0 Å². The van der Waals surface area contributed by atoms with Crippen LogP contribution in [0.5, 0.6) is 0 Å². The fourth-order valence-corrected chi connectivity index (χ4v) is 2.68. The number of ketones is 1. The Kier molecular flexibility index (Phi) is 3.17. The van der Waals surface area contributed by atoms with Gasteiger partial charge in [-0.2, -0.15) is 0 Å². The number of rotatable bonds is 4. The highest BCUT2D eigenvalue weighted by Gasteiger charge is 2.51. The normalized spacial score (nSPS) is 22.3. The van der Waals surface area contributed by atoms with Crippen molar-refractivity contribution in [3.63, 3.8) is 0 Å². The maximum atomic E-state index is 12.2. The summed E-state index contributed by atoms with van der Waals surface area (Å²) >= 11 is 0. The molecule has 1 saturated heterocycles. The summed E-state index contributed by atoms with van der Waals surface area (Å²) in [6, 6.07) is -0.291.